The van der Waals surface area contributed by atoms with Gasteiger partial charge in [-0.3, -0.25) is 15.3 Å². The van der Waals surface area contributed by atoms with Crippen molar-refractivity contribution in [1.29, 1.82) is 0 Å². The van der Waals surface area contributed by atoms with Crippen LogP contribution < -0.4 is 11.1 Å². The first-order chi connectivity index (χ1) is 13.2. The molecule has 1 atom stereocenters. The number of rotatable bonds is 12. The van der Waals surface area contributed by atoms with Gasteiger partial charge in [0.05, 0.1) is 18.6 Å². The molecule has 160 valence electrons. The minimum atomic E-state index is -0.938. The molecule has 1 rings (SSSR count). The zero-order valence-electron chi connectivity index (χ0n) is 16.0. The van der Waals surface area contributed by atoms with Crippen molar-refractivity contribution in [3.8, 4) is 0 Å². The first kappa shape index (κ1) is 23.6. The molecule has 3 N–H and O–H groups in total. The number of esters is 1. The van der Waals surface area contributed by atoms with E-state index in [9.17, 15) is 14.4 Å². The summed E-state index contributed by atoms with van der Waals surface area (Å²) in [6.07, 6.45) is 0.357. The number of ether oxygens (including phenoxy) is 2. The van der Waals surface area contributed by atoms with Gasteiger partial charge in [-0.1, -0.05) is 13.8 Å². The first-order valence-corrected chi connectivity index (χ1v) is 8.69. The summed E-state index contributed by atoms with van der Waals surface area (Å²) in [6.45, 7) is 5.03. The van der Waals surface area contributed by atoms with E-state index >= 15 is 0 Å². The maximum Gasteiger partial charge on any atom is 0.519 e. The fourth-order valence-corrected chi connectivity index (χ4v) is 2.13. The first-order valence-electron chi connectivity index (χ1n) is 8.69. The molecule has 28 heavy (non-hydrogen) atoms. The van der Waals surface area contributed by atoms with Gasteiger partial charge in [0.15, 0.2) is 18.1 Å². The van der Waals surface area contributed by atoms with Gasteiger partial charge in [0.1, 0.15) is 6.04 Å². The van der Waals surface area contributed by atoms with Gasteiger partial charge in [0.2, 0.25) is 0 Å². The molecule has 0 aliphatic heterocycles. The minimum absolute atomic E-state index is 0.0316. The van der Waals surface area contributed by atoms with Crippen LogP contribution in [0.4, 0.5) is 4.79 Å². The van der Waals surface area contributed by atoms with E-state index in [1.807, 2.05) is 13.8 Å². The van der Waals surface area contributed by atoms with Crippen LogP contribution in [0.15, 0.2) is 13.6 Å². The summed E-state index contributed by atoms with van der Waals surface area (Å²) in [4.78, 5) is 39.5. The fourth-order valence-electron chi connectivity index (χ4n) is 2.13. The van der Waals surface area contributed by atoms with Gasteiger partial charge in [-0.2, -0.15) is 0 Å². The van der Waals surface area contributed by atoms with Crippen LogP contribution in [0.1, 0.15) is 44.6 Å². The molecular weight excluding hydrogens is 380 g/mol. The summed E-state index contributed by atoms with van der Waals surface area (Å²) >= 11 is 0. The van der Waals surface area contributed by atoms with Crippen molar-refractivity contribution in [2.24, 2.45) is 5.92 Å². The zero-order valence-corrected chi connectivity index (χ0v) is 16.0. The van der Waals surface area contributed by atoms with Gasteiger partial charge in [-0.15, -0.1) is 0 Å². The molecule has 0 radical (unpaired) electrons. The second-order valence-corrected chi connectivity index (χ2v) is 6.30. The fraction of sp³-hybridized carbons (Fsp3) is 0.688. The normalized spacial score (nSPS) is 12.2. The van der Waals surface area contributed by atoms with Gasteiger partial charge in [0, 0.05) is 0 Å². The molecule has 1 unspecified atom stereocenters. The number of carbonyl (C=O) groups is 2. The number of nitrogens with zero attached hydrogens (tertiary/aromatic N) is 1. The highest BCUT2D eigenvalue weighted by molar-refractivity contribution is 5.81. The molecule has 1 heterocycles. The van der Waals surface area contributed by atoms with E-state index in [0.717, 1.165) is 0 Å². The third-order valence-electron chi connectivity index (χ3n) is 3.44. The number of carbonyl (C=O) groups excluding carboxylic acids is 2. The molecular formula is C16H26N2O10. The lowest BCUT2D eigenvalue weighted by molar-refractivity contribution is -0.492. The molecule has 0 aromatic carbocycles. The highest BCUT2D eigenvalue weighted by atomic mass is 17.1. The number of alkyl carbamates (subject to hydrolysis) is 1. The summed E-state index contributed by atoms with van der Waals surface area (Å²) in [5.74, 6) is -1.20. The smallest absolute Gasteiger partial charge is 0.456 e. The summed E-state index contributed by atoms with van der Waals surface area (Å²) in [6, 6.07) is -0.938. The van der Waals surface area contributed by atoms with Crippen molar-refractivity contribution in [3.63, 3.8) is 0 Å². The van der Waals surface area contributed by atoms with Crippen LogP contribution >= 0.6 is 0 Å². The Morgan fingerprint density at radius 2 is 1.82 bits per heavy atom. The molecule has 12 heteroatoms. The van der Waals surface area contributed by atoms with Crippen LogP contribution in [0, 0.1) is 12.8 Å². The Hall–Kier alpha value is -2.41. The molecule has 0 aliphatic rings. The van der Waals surface area contributed by atoms with E-state index < -0.39 is 29.3 Å². The molecule has 0 saturated carbocycles. The van der Waals surface area contributed by atoms with Crippen molar-refractivity contribution in [3.05, 3.63) is 22.1 Å². The van der Waals surface area contributed by atoms with Crippen molar-refractivity contribution in [2.45, 2.75) is 52.7 Å². The standard InChI is InChI=1S/C16H26N2O10/c1-10(2)8-12(14(19)25-9-13-11(3)27-16(21)28-13)17-15(20)24-6-4-5-7-26-18(22)23/h10,12,22-23H,4-9H2,1-3H3,(H,17,20). The molecule has 1 aromatic heterocycles. The topological polar surface area (TPSA) is 161 Å². The molecule has 1 amide bonds. The number of amides is 1. The van der Waals surface area contributed by atoms with Gasteiger partial charge in [-0.05, 0) is 32.1 Å². The van der Waals surface area contributed by atoms with Crippen LogP contribution in [0.25, 0.3) is 0 Å². The monoisotopic (exact) mass is 406 g/mol. The Morgan fingerprint density at radius 1 is 1.14 bits per heavy atom. The van der Waals surface area contributed by atoms with E-state index in [0.29, 0.717) is 19.3 Å². The molecule has 12 nitrogen and oxygen atoms in total. The molecule has 1 aromatic rings. The largest absolute Gasteiger partial charge is 0.519 e. The Morgan fingerprint density at radius 3 is 2.39 bits per heavy atom. The Labute approximate surface area is 160 Å². The maximum atomic E-state index is 12.3. The van der Waals surface area contributed by atoms with E-state index in [1.54, 1.807) is 0 Å². The van der Waals surface area contributed by atoms with E-state index in [1.165, 1.54) is 6.92 Å². The SMILES string of the molecule is Cc1oc(=O)oc1COC(=O)C(CC(C)C)NC(=O)OCCCCON(O)O. The number of nitrogens with one attached hydrogen (secondary N) is 1. The summed E-state index contributed by atoms with van der Waals surface area (Å²) in [5.41, 5.74) is 0. The van der Waals surface area contributed by atoms with Gasteiger partial charge in [0.25, 0.3) is 0 Å². The highest BCUT2D eigenvalue weighted by Gasteiger charge is 2.25. The van der Waals surface area contributed by atoms with Crippen LogP contribution in [-0.2, 0) is 25.7 Å². The molecule has 0 spiro atoms. The molecule has 0 bridgehead atoms. The maximum absolute atomic E-state index is 12.3. The lowest BCUT2D eigenvalue weighted by Crippen LogP contribution is -2.43. The quantitative estimate of drug-likeness (QED) is 0.262. The van der Waals surface area contributed by atoms with E-state index in [-0.39, 0.29) is 37.3 Å². The van der Waals surface area contributed by atoms with Crippen molar-refractivity contribution >= 4 is 12.1 Å². The second-order valence-electron chi connectivity index (χ2n) is 6.30. The van der Waals surface area contributed by atoms with Crippen LogP contribution in [-0.4, -0.2) is 47.1 Å². The highest BCUT2D eigenvalue weighted by Crippen LogP contribution is 2.11. The number of hydrogen-bond donors (Lipinski definition) is 3. The molecule has 0 aliphatic carbocycles. The van der Waals surface area contributed by atoms with Gasteiger partial charge in [-0.25, -0.2) is 14.4 Å². The summed E-state index contributed by atoms with van der Waals surface area (Å²) in [5, 5.41) is 18.8. The van der Waals surface area contributed by atoms with Gasteiger partial charge >= 0.3 is 17.9 Å². The molecule has 0 saturated heterocycles. The lowest BCUT2D eigenvalue weighted by Gasteiger charge is -2.19. The Balaban J connectivity index is 2.43. The Kier molecular flexibility index (Phi) is 10.2. The second kappa shape index (κ2) is 12.1. The number of aryl methyl sites for hydroxylation is 1. The van der Waals surface area contributed by atoms with Crippen LogP contribution in [0.2, 0.25) is 0 Å². The zero-order chi connectivity index (χ0) is 21.1. The summed E-state index contributed by atoms with van der Waals surface area (Å²) < 4.78 is 19.5. The lowest BCUT2D eigenvalue weighted by atomic mass is 10.0. The third-order valence-corrected chi connectivity index (χ3v) is 3.44. The number of hydrogen-bond acceptors (Lipinski definition) is 11. The number of unbranched alkanes of at least 4 members (excludes halogenated alkanes) is 1. The van der Waals surface area contributed by atoms with Gasteiger partial charge < -0.3 is 23.6 Å². The molecule has 0 fully saturated rings. The van der Waals surface area contributed by atoms with Crippen molar-refractivity contribution < 1.29 is 43.1 Å². The van der Waals surface area contributed by atoms with Crippen molar-refractivity contribution in [2.75, 3.05) is 13.2 Å². The minimum Gasteiger partial charge on any atom is -0.456 e. The van der Waals surface area contributed by atoms with Crippen molar-refractivity contribution in [1.82, 2.24) is 10.7 Å². The van der Waals surface area contributed by atoms with E-state index in [2.05, 4.69) is 14.6 Å². The van der Waals surface area contributed by atoms with Crippen LogP contribution in [0.5, 0.6) is 0 Å². The Bertz CT molecular complexity index is 667. The predicted octanol–water partition coefficient (Wildman–Crippen LogP) is 1.52. The van der Waals surface area contributed by atoms with Crippen LogP contribution in [0.3, 0.4) is 0 Å². The third kappa shape index (κ3) is 9.50. The van der Waals surface area contributed by atoms with E-state index in [4.69, 9.17) is 24.3 Å². The summed E-state index contributed by atoms with van der Waals surface area (Å²) in [7, 11) is 0. The average molecular weight is 406 g/mol. The average Bonchev–Trinajstić information content (AvgIpc) is 2.92. The predicted molar refractivity (Wildman–Crippen MR) is 90.1 cm³/mol.